The molecule has 1 aliphatic carbocycles. The predicted molar refractivity (Wildman–Crippen MR) is 77.9 cm³/mol. The molecule has 0 atom stereocenters. The van der Waals surface area contributed by atoms with Crippen LogP contribution in [0.15, 0.2) is 52.8 Å². The standard InChI is InChI=1S/C17H14O3/c1-11-15(8-12-6-7-20-10-12)13-4-2-3-5-14(13)16(11)9-17(18)19/h2-8,10H,9H2,1H3,(H,18,19)/b15-8-. The maximum Gasteiger partial charge on any atom is 0.307 e. The van der Waals surface area contributed by atoms with E-state index in [1.54, 1.807) is 12.5 Å². The van der Waals surface area contributed by atoms with E-state index < -0.39 is 5.97 Å². The van der Waals surface area contributed by atoms with E-state index >= 15 is 0 Å². The summed E-state index contributed by atoms with van der Waals surface area (Å²) in [6.07, 6.45) is 5.39. The third-order valence-electron chi connectivity index (χ3n) is 3.58. The summed E-state index contributed by atoms with van der Waals surface area (Å²) in [5.41, 5.74) is 6.06. The lowest BCUT2D eigenvalue weighted by atomic mass is 10.0. The van der Waals surface area contributed by atoms with E-state index in [2.05, 4.69) is 0 Å². The van der Waals surface area contributed by atoms with Crippen LogP contribution in [0.4, 0.5) is 0 Å². The van der Waals surface area contributed by atoms with Gasteiger partial charge in [-0.1, -0.05) is 24.3 Å². The number of rotatable bonds is 3. The number of carboxylic acids is 1. The first kappa shape index (κ1) is 12.5. The predicted octanol–water partition coefficient (Wildman–Crippen LogP) is 4.08. The number of furan rings is 1. The normalized spacial score (nSPS) is 15.8. The fraction of sp³-hybridized carbons (Fsp3) is 0.118. The van der Waals surface area contributed by atoms with Crippen LogP contribution in [0.5, 0.6) is 0 Å². The molecule has 100 valence electrons. The minimum Gasteiger partial charge on any atom is -0.481 e. The first-order valence-corrected chi connectivity index (χ1v) is 6.42. The van der Waals surface area contributed by atoms with Crippen molar-refractivity contribution in [1.29, 1.82) is 0 Å². The fourth-order valence-corrected chi connectivity index (χ4v) is 2.64. The molecule has 0 aliphatic heterocycles. The Labute approximate surface area is 116 Å². The number of hydrogen-bond donors (Lipinski definition) is 1. The average molecular weight is 266 g/mol. The number of hydrogen-bond acceptors (Lipinski definition) is 2. The summed E-state index contributed by atoms with van der Waals surface area (Å²) in [6, 6.07) is 9.80. The van der Waals surface area contributed by atoms with Crippen LogP contribution in [0, 0.1) is 0 Å². The molecule has 0 amide bonds. The molecule has 3 heteroatoms. The highest BCUT2D eigenvalue weighted by Crippen LogP contribution is 2.43. The molecule has 1 N–H and O–H groups in total. The maximum atomic E-state index is 11.1. The monoisotopic (exact) mass is 266 g/mol. The number of aliphatic carboxylic acids is 1. The van der Waals surface area contributed by atoms with Crippen molar-refractivity contribution < 1.29 is 14.3 Å². The molecule has 0 saturated carbocycles. The van der Waals surface area contributed by atoms with Crippen LogP contribution in [0.2, 0.25) is 0 Å². The molecule has 0 radical (unpaired) electrons. The van der Waals surface area contributed by atoms with Gasteiger partial charge in [0, 0.05) is 5.56 Å². The second-order valence-corrected chi connectivity index (χ2v) is 4.83. The third kappa shape index (κ3) is 2.07. The van der Waals surface area contributed by atoms with Gasteiger partial charge in [0.15, 0.2) is 0 Å². The van der Waals surface area contributed by atoms with Gasteiger partial charge in [0.2, 0.25) is 0 Å². The molecule has 1 aliphatic rings. The molecule has 0 unspecified atom stereocenters. The van der Waals surface area contributed by atoms with E-state index in [0.29, 0.717) is 0 Å². The van der Waals surface area contributed by atoms with E-state index in [1.807, 2.05) is 43.3 Å². The van der Waals surface area contributed by atoms with Gasteiger partial charge in [0.1, 0.15) is 0 Å². The Morgan fingerprint density at radius 3 is 2.65 bits per heavy atom. The van der Waals surface area contributed by atoms with Crippen molar-refractivity contribution in [1.82, 2.24) is 0 Å². The van der Waals surface area contributed by atoms with Gasteiger partial charge in [0.25, 0.3) is 0 Å². The van der Waals surface area contributed by atoms with E-state index in [-0.39, 0.29) is 6.42 Å². The van der Waals surface area contributed by atoms with Crippen LogP contribution in [0.3, 0.4) is 0 Å². The summed E-state index contributed by atoms with van der Waals surface area (Å²) < 4.78 is 5.08. The Morgan fingerprint density at radius 1 is 1.25 bits per heavy atom. The molecule has 0 fully saturated rings. The topological polar surface area (TPSA) is 50.4 Å². The van der Waals surface area contributed by atoms with Crippen LogP contribution in [-0.2, 0) is 4.79 Å². The van der Waals surface area contributed by atoms with Crippen molar-refractivity contribution in [2.75, 3.05) is 0 Å². The van der Waals surface area contributed by atoms with Crippen LogP contribution in [-0.4, -0.2) is 11.1 Å². The minimum atomic E-state index is -0.807. The Bertz CT molecular complexity index is 718. The summed E-state index contributed by atoms with van der Waals surface area (Å²) >= 11 is 0. The molecular weight excluding hydrogens is 252 g/mol. The molecule has 1 aromatic carbocycles. The number of fused-ring (bicyclic) bond motifs is 1. The lowest BCUT2D eigenvalue weighted by Crippen LogP contribution is -1.96. The molecule has 1 heterocycles. The largest absolute Gasteiger partial charge is 0.481 e. The number of carbonyl (C=O) groups is 1. The summed E-state index contributed by atoms with van der Waals surface area (Å²) in [7, 11) is 0. The highest BCUT2D eigenvalue weighted by molar-refractivity contribution is 6.07. The van der Waals surface area contributed by atoms with Crippen LogP contribution in [0.1, 0.15) is 30.0 Å². The minimum absolute atomic E-state index is 0.0472. The van der Waals surface area contributed by atoms with E-state index in [1.165, 1.54) is 0 Å². The summed E-state index contributed by atoms with van der Waals surface area (Å²) in [6.45, 7) is 1.98. The molecule has 0 saturated heterocycles. The highest BCUT2D eigenvalue weighted by Gasteiger charge is 2.24. The van der Waals surface area contributed by atoms with E-state index in [4.69, 9.17) is 9.52 Å². The van der Waals surface area contributed by atoms with Crippen molar-refractivity contribution in [2.24, 2.45) is 0 Å². The van der Waals surface area contributed by atoms with Gasteiger partial charge in [-0.25, -0.2) is 0 Å². The average Bonchev–Trinajstić information content (AvgIpc) is 3.02. The maximum absolute atomic E-state index is 11.1. The van der Waals surface area contributed by atoms with Gasteiger partial charge < -0.3 is 9.52 Å². The van der Waals surface area contributed by atoms with Crippen molar-refractivity contribution in [2.45, 2.75) is 13.3 Å². The first-order valence-electron chi connectivity index (χ1n) is 6.42. The van der Waals surface area contributed by atoms with Crippen molar-refractivity contribution >= 4 is 23.2 Å². The highest BCUT2D eigenvalue weighted by atomic mass is 16.4. The third-order valence-corrected chi connectivity index (χ3v) is 3.58. The summed E-state index contributed by atoms with van der Waals surface area (Å²) in [5.74, 6) is -0.807. The quantitative estimate of drug-likeness (QED) is 0.910. The van der Waals surface area contributed by atoms with Gasteiger partial charge >= 0.3 is 5.97 Å². The zero-order chi connectivity index (χ0) is 14.1. The van der Waals surface area contributed by atoms with Crippen LogP contribution in [0.25, 0.3) is 17.2 Å². The molecule has 0 bridgehead atoms. The molecule has 0 spiro atoms. The van der Waals surface area contributed by atoms with Crippen molar-refractivity contribution in [3.8, 4) is 0 Å². The Balaban J connectivity index is 2.15. The zero-order valence-electron chi connectivity index (χ0n) is 11.1. The molecule has 3 nitrogen and oxygen atoms in total. The van der Waals surface area contributed by atoms with Gasteiger partial charge in [-0.2, -0.15) is 0 Å². The second kappa shape index (κ2) is 4.85. The Kier molecular flexibility index (Phi) is 3.03. The number of benzene rings is 1. The van der Waals surface area contributed by atoms with Gasteiger partial charge in [0.05, 0.1) is 18.9 Å². The molecule has 1 aromatic heterocycles. The second-order valence-electron chi connectivity index (χ2n) is 4.83. The lowest BCUT2D eigenvalue weighted by molar-refractivity contribution is -0.135. The van der Waals surface area contributed by atoms with Gasteiger partial charge in [-0.05, 0) is 46.9 Å². The summed E-state index contributed by atoms with van der Waals surface area (Å²) in [5, 5.41) is 9.09. The van der Waals surface area contributed by atoms with Gasteiger partial charge in [-0.3, -0.25) is 4.79 Å². The van der Waals surface area contributed by atoms with E-state index in [9.17, 15) is 4.79 Å². The fourth-order valence-electron chi connectivity index (χ4n) is 2.64. The Hall–Kier alpha value is -2.55. The molecule has 3 rings (SSSR count). The summed E-state index contributed by atoms with van der Waals surface area (Å²) in [4.78, 5) is 11.1. The molecule has 2 aromatic rings. The zero-order valence-corrected chi connectivity index (χ0v) is 11.1. The van der Waals surface area contributed by atoms with Crippen LogP contribution < -0.4 is 0 Å². The SMILES string of the molecule is CC1=C(CC(=O)O)c2ccccc2/C1=C\c1ccoc1. The van der Waals surface area contributed by atoms with Crippen molar-refractivity contribution in [3.05, 3.63) is 65.1 Å². The van der Waals surface area contributed by atoms with Gasteiger partial charge in [-0.15, -0.1) is 0 Å². The molecule has 20 heavy (non-hydrogen) atoms. The molecular formula is C17H14O3. The van der Waals surface area contributed by atoms with Crippen molar-refractivity contribution in [3.63, 3.8) is 0 Å². The van der Waals surface area contributed by atoms with E-state index in [0.717, 1.165) is 33.4 Å². The lowest BCUT2D eigenvalue weighted by Gasteiger charge is -2.02. The number of allylic oxidation sites excluding steroid dienone is 2. The first-order chi connectivity index (χ1) is 9.66. The smallest absolute Gasteiger partial charge is 0.307 e. The number of carboxylic acid groups (broad SMARTS) is 1. The Morgan fingerprint density at radius 2 is 2.00 bits per heavy atom. The van der Waals surface area contributed by atoms with Crippen LogP contribution >= 0.6 is 0 Å².